The number of rotatable bonds is 6. The van der Waals surface area contributed by atoms with Gasteiger partial charge in [-0.3, -0.25) is 4.72 Å². The van der Waals surface area contributed by atoms with Gasteiger partial charge in [-0.15, -0.1) is 0 Å². The first-order chi connectivity index (χ1) is 10.8. The van der Waals surface area contributed by atoms with E-state index in [1.165, 1.54) is 24.5 Å². The van der Waals surface area contributed by atoms with Gasteiger partial charge < -0.3 is 14.6 Å². The van der Waals surface area contributed by atoms with Crippen LogP contribution in [0, 0.1) is 0 Å². The van der Waals surface area contributed by atoms with Crippen molar-refractivity contribution < 1.29 is 17.9 Å². The van der Waals surface area contributed by atoms with Crippen LogP contribution in [0.25, 0.3) is 0 Å². The van der Waals surface area contributed by atoms with E-state index in [4.69, 9.17) is 4.74 Å². The van der Waals surface area contributed by atoms with Crippen molar-refractivity contribution in [2.24, 2.45) is 0 Å². The van der Waals surface area contributed by atoms with E-state index >= 15 is 0 Å². The summed E-state index contributed by atoms with van der Waals surface area (Å²) in [6.45, 7) is 1.87. The molecular formula is C14H18N4O4S. The van der Waals surface area contributed by atoms with Crippen LogP contribution in [0.4, 0.5) is 11.6 Å². The summed E-state index contributed by atoms with van der Waals surface area (Å²) in [6, 6.07) is 4.48. The van der Waals surface area contributed by atoms with Crippen LogP contribution >= 0.6 is 0 Å². The summed E-state index contributed by atoms with van der Waals surface area (Å²) in [6.07, 6.45) is 2.71. The highest BCUT2D eigenvalue weighted by Crippen LogP contribution is 2.20. The van der Waals surface area contributed by atoms with Crippen molar-refractivity contribution in [1.29, 1.82) is 0 Å². The minimum absolute atomic E-state index is 0.00694. The van der Waals surface area contributed by atoms with Gasteiger partial charge in [0.1, 0.15) is 22.1 Å². The van der Waals surface area contributed by atoms with Crippen molar-refractivity contribution in [3.05, 3.63) is 36.2 Å². The van der Waals surface area contributed by atoms with E-state index in [0.29, 0.717) is 5.82 Å². The highest BCUT2D eigenvalue weighted by Gasteiger charge is 2.20. The summed E-state index contributed by atoms with van der Waals surface area (Å²) in [5.41, 5.74) is 0.119. The van der Waals surface area contributed by atoms with Crippen molar-refractivity contribution in [2.75, 3.05) is 30.3 Å². The largest absolute Gasteiger partial charge is 0.462 e. The van der Waals surface area contributed by atoms with Gasteiger partial charge in [-0.05, 0) is 25.1 Å². The molecule has 0 aliphatic heterocycles. The van der Waals surface area contributed by atoms with Crippen LogP contribution in [0.2, 0.25) is 0 Å². The van der Waals surface area contributed by atoms with Crippen LogP contribution in [0.1, 0.15) is 17.3 Å². The van der Waals surface area contributed by atoms with Gasteiger partial charge in [-0.1, -0.05) is 0 Å². The molecule has 0 radical (unpaired) electrons. The van der Waals surface area contributed by atoms with E-state index in [0.717, 1.165) is 0 Å². The van der Waals surface area contributed by atoms with Gasteiger partial charge in [0.15, 0.2) is 0 Å². The molecule has 0 aliphatic carbocycles. The molecule has 124 valence electrons. The van der Waals surface area contributed by atoms with E-state index in [1.807, 2.05) is 0 Å². The highest BCUT2D eigenvalue weighted by atomic mass is 32.2. The van der Waals surface area contributed by atoms with Gasteiger partial charge in [0.25, 0.3) is 10.0 Å². The lowest BCUT2D eigenvalue weighted by atomic mass is 10.3. The van der Waals surface area contributed by atoms with Crippen LogP contribution in [-0.2, 0) is 14.8 Å². The lowest BCUT2D eigenvalue weighted by Crippen LogP contribution is -2.17. The first-order valence-corrected chi connectivity index (χ1v) is 8.34. The van der Waals surface area contributed by atoms with E-state index in [2.05, 4.69) is 14.7 Å². The van der Waals surface area contributed by atoms with Gasteiger partial charge in [-0.2, -0.15) is 0 Å². The average molecular weight is 338 g/mol. The number of esters is 1. The zero-order chi connectivity index (χ0) is 17.0. The highest BCUT2D eigenvalue weighted by molar-refractivity contribution is 7.92. The maximum absolute atomic E-state index is 12.4. The van der Waals surface area contributed by atoms with E-state index in [1.54, 1.807) is 32.0 Å². The molecule has 2 aromatic rings. The van der Waals surface area contributed by atoms with Gasteiger partial charge in [0.05, 0.1) is 6.61 Å². The Hall–Kier alpha value is -2.55. The predicted molar refractivity (Wildman–Crippen MR) is 86.1 cm³/mol. The number of pyridine rings is 1. The molecule has 2 N–H and O–H groups in total. The van der Waals surface area contributed by atoms with Gasteiger partial charge in [0.2, 0.25) is 0 Å². The van der Waals surface area contributed by atoms with E-state index in [9.17, 15) is 13.2 Å². The molecule has 0 saturated heterocycles. The molecule has 0 amide bonds. The number of carbonyl (C=O) groups excluding carboxylic acids is 1. The van der Waals surface area contributed by atoms with E-state index in [-0.39, 0.29) is 22.9 Å². The Morgan fingerprint density at radius 3 is 2.65 bits per heavy atom. The molecule has 8 nitrogen and oxygen atoms in total. The number of aromatic nitrogens is 2. The molecule has 23 heavy (non-hydrogen) atoms. The number of hydrogen-bond donors (Lipinski definition) is 2. The molecule has 0 aliphatic rings. The second-order valence-corrected chi connectivity index (χ2v) is 6.52. The summed E-state index contributed by atoms with van der Waals surface area (Å²) in [5.74, 6) is 0.0868. The normalized spacial score (nSPS) is 11.1. The lowest BCUT2D eigenvalue weighted by molar-refractivity contribution is 0.0528. The third kappa shape index (κ3) is 3.81. The summed E-state index contributed by atoms with van der Waals surface area (Å²) in [7, 11) is -0.257. The van der Waals surface area contributed by atoms with Crippen LogP contribution < -0.4 is 9.62 Å². The fraction of sp³-hybridized carbons (Fsp3) is 0.286. The molecule has 0 atom stereocenters. The fourth-order valence-corrected chi connectivity index (χ4v) is 2.82. The molecule has 0 fully saturated rings. The van der Waals surface area contributed by atoms with Crippen molar-refractivity contribution in [1.82, 2.24) is 9.97 Å². The minimum atomic E-state index is -3.87. The predicted octanol–water partition coefficient (Wildman–Crippen LogP) is 1.45. The number of sulfonamides is 1. The Bertz CT molecular complexity index is 781. The molecule has 2 heterocycles. The van der Waals surface area contributed by atoms with Crippen molar-refractivity contribution in [3.63, 3.8) is 0 Å². The fourth-order valence-electron chi connectivity index (χ4n) is 1.82. The third-order valence-corrected chi connectivity index (χ3v) is 4.30. The zero-order valence-corrected chi connectivity index (χ0v) is 13.8. The molecular weight excluding hydrogens is 320 g/mol. The molecule has 0 saturated carbocycles. The van der Waals surface area contributed by atoms with Crippen molar-refractivity contribution in [3.8, 4) is 0 Å². The Balaban J connectivity index is 2.25. The Morgan fingerprint density at radius 2 is 2.09 bits per heavy atom. The van der Waals surface area contributed by atoms with Crippen molar-refractivity contribution in [2.45, 2.75) is 11.8 Å². The van der Waals surface area contributed by atoms with Crippen LogP contribution in [0.3, 0.4) is 0 Å². The van der Waals surface area contributed by atoms with E-state index < -0.39 is 16.0 Å². The lowest BCUT2D eigenvalue weighted by Gasteiger charge is -2.12. The minimum Gasteiger partial charge on any atom is -0.462 e. The SMILES string of the molecule is CCOC(=O)c1cc[nH]c1NS(=O)(=O)c1ccc(N(C)C)nc1. The van der Waals surface area contributed by atoms with Crippen LogP contribution in [-0.4, -0.2) is 45.1 Å². The van der Waals surface area contributed by atoms with Crippen LogP contribution in [0.15, 0.2) is 35.5 Å². The first-order valence-electron chi connectivity index (χ1n) is 6.86. The number of carbonyl (C=O) groups is 1. The summed E-state index contributed by atoms with van der Waals surface area (Å²) in [5, 5.41) is 0. The zero-order valence-electron chi connectivity index (χ0n) is 13.0. The Labute approximate surface area is 134 Å². The number of H-pyrrole nitrogens is 1. The molecule has 2 aromatic heterocycles. The molecule has 0 unspecified atom stereocenters. The smallest absolute Gasteiger partial charge is 0.341 e. The summed E-state index contributed by atoms with van der Waals surface area (Å²) >= 11 is 0. The number of hydrogen-bond acceptors (Lipinski definition) is 6. The van der Waals surface area contributed by atoms with Gasteiger partial charge in [0, 0.05) is 26.5 Å². The molecule has 9 heteroatoms. The molecule has 0 aromatic carbocycles. The summed E-state index contributed by atoms with van der Waals surface area (Å²) in [4.78, 5) is 20.3. The Morgan fingerprint density at radius 1 is 1.35 bits per heavy atom. The van der Waals surface area contributed by atoms with Crippen molar-refractivity contribution >= 4 is 27.6 Å². The number of nitrogens with zero attached hydrogens (tertiary/aromatic N) is 2. The second kappa shape index (κ2) is 6.69. The Kier molecular flexibility index (Phi) is 4.89. The standard InChI is InChI=1S/C14H18N4O4S/c1-4-22-14(19)11-7-8-15-13(11)17-23(20,21)10-5-6-12(16-9-10)18(2)3/h5-9,15,17H,4H2,1-3H3. The molecule has 0 bridgehead atoms. The number of aromatic amines is 1. The maximum Gasteiger partial charge on any atom is 0.341 e. The van der Waals surface area contributed by atoms with Gasteiger partial charge >= 0.3 is 5.97 Å². The second-order valence-electron chi connectivity index (χ2n) is 4.84. The topological polar surface area (TPSA) is 104 Å². The summed E-state index contributed by atoms with van der Waals surface area (Å²) < 4.78 is 32.0. The maximum atomic E-state index is 12.4. The number of nitrogens with one attached hydrogen (secondary N) is 2. The van der Waals surface area contributed by atoms with Crippen LogP contribution in [0.5, 0.6) is 0 Å². The first kappa shape index (κ1) is 16.8. The average Bonchev–Trinajstić information content (AvgIpc) is 2.95. The quantitative estimate of drug-likeness (QED) is 0.773. The third-order valence-electron chi connectivity index (χ3n) is 2.97. The number of anilines is 2. The molecule has 0 spiro atoms. The monoisotopic (exact) mass is 338 g/mol. The molecule has 2 rings (SSSR count). The number of ether oxygens (including phenoxy) is 1. The van der Waals surface area contributed by atoms with Gasteiger partial charge in [-0.25, -0.2) is 18.2 Å².